The first kappa shape index (κ1) is 14.2. The van der Waals surface area contributed by atoms with Crippen LogP contribution in [0.25, 0.3) is 0 Å². The fraction of sp³-hybridized carbons (Fsp3) is 1.00. The molecule has 2 aliphatic rings. The van der Waals surface area contributed by atoms with E-state index in [1.54, 1.807) is 11.4 Å². The van der Waals surface area contributed by atoms with Gasteiger partial charge < -0.3 is 5.11 Å². The molecule has 0 radical (unpaired) electrons. The van der Waals surface area contributed by atoms with Crippen molar-refractivity contribution in [3.63, 3.8) is 0 Å². The van der Waals surface area contributed by atoms with Crippen LogP contribution in [-0.4, -0.2) is 54.9 Å². The lowest BCUT2D eigenvalue weighted by molar-refractivity contribution is 0.0360. The molecule has 1 aliphatic heterocycles. The zero-order valence-electron chi connectivity index (χ0n) is 11.2. The largest absolute Gasteiger partial charge is 0.393 e. The van der Waals surface area contributed by atoms with Gasteiger partial charge >= 0.3 is 0 Å². The molecule has 0 atom stereocenters. The second-order valence-electron chi connectivity index (χ2n) is 5.86. The standard InChI is InChI=1S/C12H24N2O3S/c1-10-3-5-14(6-4-10)18(16,17)13(2)9-11-7-12(15)8-11/h10-12,15H,3-9H2,1-2H3. The number of hydrogen-bond donors (Lipinski definition) is 1. The van der Waals surface area contributed by atoms with Crippen LogP contribution in [0.2, 0.25) is 0 Å². The van der Waals surface area contributed by atoms with Crippen molar-refractivity contribution in [2.24, 2.45) is 11.8 Å². The Morgan fingerprint density at radius 3 is 2.33 bits per heavy atom. The molecule has 5 nitrogen and oxygen atoms in total. The molecule has 2 rings (SSSR count). The molecule has 1 aliphatic carbocycles. The average Bonchev–Trinajstić information content (AvgIpc) is 2.27. The predicted molar refractivity (Wildman–Crippen MR) is 70.3 cm³/mol. The van der Waals surface area contributed by atoms with Crippen molar-refractivity contribution >= 4 is 10.2 Å². The number of aliphatic hydroxyl groups excluding tert-OH is 1. The Morgan fingerprint density at radius 2 is 1.83 bits per heavy atom. The van der Waals surface area contributed by atoms with Gasteiger partial charge in [0.25, 0.3) is 10.2 Å². The van der Waals surface area contributed by atoms with Crippen LogP contribution < -0.4 is 0 Å². The normalized spacial score (nSPS) is 31.6. The summed E-state index contributed by atoms with van der Waals surface area (Å²) in [6.45, 7) is 3.98. The highest BCUT2D eigenvalue weighted by Crippen LogP contribution is 2.29. The Balaban J connectivity index is 1.89. The van der Waals surface area contributed by atoms with Crippen molar-refractivity contribution in [2.75, 3.05) is 26.7 Å². The summed E-state index contributed by atoms with van der Waals surface area (Å²) in [7, 11) is -1.64. The monoisotopic (exact) mass is 276 g/mol. The van der Waals surface area contributed by atoms with Crippen LogP contribution in [-0.2, 0) is 10.2 Å². The molecule has 106 valence electrons. The molecule has 0 aromatic rings. The number of piperidine rings is 1. The molecule has 1 N–H and O–H groups in total. The van der Waals surface area contributed by atoms with E-state index in [0.29, 0.717) is 31.5 Å². The molecule has 1 saturated carbocycles. The van der Waals surface area contributed by atoms with Gasteiger partial charge in [-0.25, -0.2) is 0 Å². The van der Waals surface area contributed by atoms with Crippen molar-refractivity contribution in [1.82, 2.24) is 8.61 Å². The second kappa shape index (κ2) is 5.45. The zero-order valence-corrected chi connectivity index (χ0v) is 12.1. The second-order valence-corrected chi connectivity index (χ2v) is 7.90. The van der Waals surface area contributed by atoms with Gasteiger partial charge in [0.15, 0.2) is 0 Å². The first-order valence-electron chi connectivity index (χ1n) is 6.79. The molecule has 0 aromatic heterocycles. The van der Waals surface area contributed by atoms with Gasteiger partial charge in [-0.2, -0.15) is 17.0 Å². The minimum absolute atomic E-state index is 0.220. The van der Waals surface area contributed by atoms with E-state index < -0.39 is 10.2 Å². The number of aliphatic hydroxyl groups is 1. The van der Waals surface area contributed by atoms with Gasteiger partial charge in [0, 0.05) is 26.7 Å². The molecule has 0 aromatic carbocycles. The van der Waals surface area contributed by atoms with Gasteiger partial charge in [-0.05, 0) is 37.5 Å². The van der Waals surface area contributed by atoms with Crippen LogP contribution >= 0.6 is 0 Å². The van der Waals surface area contributed by atoms with Gasteiger partial charge in [0.1, 0.15) is 0 Å². The van der Waals surface area contributed by atoms with Gasteiger partial charge in [-0.3, -0.25) is 0 Å². The Hall–Kier alpha value is -0.170. The number of rotatable bonds is 4. The van der Waals surface area contributed by atoms with Crippen molar-refractivity contribution in [1.29, 1.82) is 0 Å². The van der Waals surface area contributed by atoms with E-state index in [4.69, 9.17) is 0 Å². The summed E-state index contributed by atoms with van der Waals surface area (Å²) in [4.78, 5) is 0. The summed E-state index contributed by atoms with van der Waals surface area (Å²) in [6, 6.07) is 0. The molecular formula is C12H24N2O3S. The Kier molecular flexibility index (Phi) is 4.31. The maximum Gasteiger partial charge on any atom is 0.281 e. The molecular weight excluding hydrogens is 252 g/mol. The van der Waals surface area contributed by atoms with E-state index in [0.717, 1.165) is 25.7 Å². The van der Waals surface area contributed by atoms with Gasteiger partial charge in [0.2, 0.25) is 0 Å². The van der Waals surface area contributed by atoms with E-state index >= 15 is 0 Å². The van der Waals surface area contributed by atoms with Crippen LogP contribution in [0.5, 0.6) is 0 Å². The maximum atomic E-state index is 12.3. The summed E-state index contributed by atoms with van der Waals surface area (Å²) < 4.78 is 27.7. The summed E-state index contributed by atoms with van der Waals surface area (Å²) in [5, 5.41) is 9.23. The maximum absolute atomic E-state index is 12.3. The highest BCUT2D eigenvalue weighted by atomic mass is 32.2. The van der Waals surface area contributed by atoms with E-state index in [1.165, 1.54) is 4.31 Å². The SMILES string of the molecule is CC1CCN(S(=O)(=O)N(C)CC2CC(O)C2)CC1. The van der Waals surface area contributed by atoms with Crippen molar-refractivity contribution < 1.29 is 13.5 Å². The third-order valence-electron chi connectivity index (χ3n) is 4.19. The third kappa shape index (κ3) is 3.04. The van der Waals surface area contributed by atoms with E-state index in [1.807, 2.05) is 0 Å². The van der Waals surface area contributed by atoms with Gasteiger partial charge in [0.05, 0.1) is 6.10 Å². The van der Waals surface area contributed by atoms with Crippen LogP contribution in [0.4, 0.5) is 0 Å². The predicted octanol–water partition coefficient (Wildman–Crippen LogP) is 0.666. The zero-order chi connectivity index (χ0) is 13.3. The molecule has 6 heteroatoms. The Labute approximate surface area is 110 Å². The smallest absolute Gasteiger partial charge is 0.281 e. The topological polar surface area (TPSA) is 60.9 Å². The minimum Gasteiger partial charge on any atom is -0.393 e. The molecule has 2 fully saturated rings. The van der Waals surface area contributed by atoms with Gasteiger partial charge in [-0.15, -0.1) is 0 Å². The fourth-order valence-electron chi connectivity index (χ4n) is 2.72. The van der Waals surface area contributed by atoms with E-state index in [9.17, 15) is 13.5 Å². The molecule has 0 amide bonds. The van der Waals surface area contributed by atoms with E-state index in [-0.39, 0.29) is 6.10 Å². The molecule has 1 heterocycles. The molecule has 0 bridgehead atoms. The summed E-state index contributed by atoms with van der Waals surface area (Å²) in [6.07, 6.45) is 3.15. The van der Waals surface area contributed by atoms with Crippen LogP contribution in [0.3, 0.4) is 0 Å². The molecule has 0 spiro atoms. The number of hydrogen-bond acceptors (Lipinski definition) is 3. The molecule has 18 heavy (non-hydrogen) atoms. The van der Waals surface area contributed by atoms with E-state index in [2.05, 4.69) is 6.92 Å². The van der Waals surface area contributed by atoms with Crippen molar-refractivity contribution in [2.45, 2.75) is 38.7 Å². The lowest BCUT2D eigenvalue weighted by Crippen LogP contribution is -2.48. The Bertz CT molecular complexity index is 371. The minimum atomic E-state index is -3.29. The summed E-state index contributed by atoms with van der Waals surface area (Å²) in [5.74, 6) is 0.951. The van der Waals surface area contributed by atoms with Crippen LogP contribution in [0.15, 0.2) is 0 Å². The highest BCUT2D eigenvalue weighted by molar-refractivity contribution is 7.86. The average molecular weight is 276 g/mol. The van der Waals surface area contributed by atoms with Crippen molar-refractivity contribution in [3.05, 3.63) is 0 Å². The third-order valence-corrected chi connectivity index (χ3v) is 6.14. The number of nitrogens with zero attached hydrogens (tertiary/aromatic N) is 2. The van der Waals surface area contributed by atoms with Gasteiger partial charge in [-0.1, -0.05) is 6.92 Å². The summed E-state index contributed by atoms with van der Waals surface area (Å²) in [5.41, 5.74) is 0. The lowest BCUT2D eigenvalue weighted by atomic mass is 9.82. The van der Waals surface area contributed by atoms with Crippen LogP contribution in [0, 0.1) is 11.8 Å². The first-order valence-corrected chi connectivity index (χ1v) is 8.18. The Morgan fingerprint density at radius 1 is 1.28 bits per heavy atom. The summed E-state index contributed by atoms with van der Waals surface area (Å²) >= 11 is 0. The molecule has 1 saturated heterocycles. The lowest BCUT2D eigenvalue weighted by Gasteiger charge is -2.37. The molecule has 0 unspecified atom stereocenters. The fourth-order valence-corrected chi connectivity index (χ4v) is 4.19. The quantitative estimate of drug-likeness (QED) is 0.821. The van der Waals surface area contributed by atoms with Crippen molar-refractivity contribution in [3.8, 4) is 0 Å². The van der Waals surface area contributed by atoms with Crippen LogP contribution in [0.1, 0.15) is 32.6 Å². The first-order chi connectivity index (χ1) is 8.39. The highest BCUT2D eigenvalue weighted by Gasteiger charge is 2.34.